The molecule has 0 saturated carbocycles. The summed E-state index contributed by atoms with van der Waals surface area (Å²) in [6.07, 6.45) is 5.99. The number of nitrogens with two attached hydrogens (primary N) is 1. The van der Waals surface area contributed by atoms with Crippen molar-refractivity contribution in [3.05, 3.63) is 48.2 Å². The molecule has 0 atom stereocenters. The number of anilines is 1. The maximum atomic E-state index is 5.87. The van der Waals surface area contributed by atoms with Crippen LogP contribution in [0.4, 0.5) is 5.82 Å². The highest BCUT2D eigenvalue weighted by atomic mass is 35.5. The van der Waals surface area contributed by atoms with Crippen LogP contribution >= 0.6 is 24.8 Å². The van der Waals surface area contributed by atoms with Crippen molar-refractivity contribution in [1.82, 2.24) is 19.9 Å². The number of rotatable bonds is 2. The van der Waals surface area contributed by atoms with E-state index in [9.17, 15) is 0 Å². The summed E-state index contributed by atoms with van der Waals surface area (Å²) in [5.41, 5.74) is 7.71. The number of nitrogens with one attached hydrogen (secondary N) is 1. The topological polar surface area (TPSA) is 80.5 Å². The van der Waals surface area contributed by atoms with Crippen LogP contribution in [-0.2, 0) is 6.42 Å². The summed E-state index contributed by atoms with van der Waals surface area (Å²) in [5.74, 6) is 1.21. The Morgan fingerprint density at radius 1 is 1.16 bits per heavy atom. The first-order chi connectivity index (χ1) is 8.33. The van der Waals surface area contributed by atoms with Gasteiger partial charge in [-0.05, 0) is 17.7 Å². The van der Waals surface area contributed by atoms with Crippen LogP contribution in [0.5, 0.6) is 0 Å². The predicted molar refractivity (Wildman–Crippen MR) is 79.8 cm³/mol. The predicted octanol–water partition coefficient (Wildman–Crippen LogP) is 2.37. The summed E-state index contributed by atoms with van der Waals surface area (Å²) in [7, 11) is 0. The maximum Gasteiger partial charge on any atom is 0.143 e. The molecule has 0 aromatic carbocycles. The highest BCUT2D eigenvalue weighted by Gasteiger charge is 2.06. The van der Waals surface area contributed by atoms with Crippen LogP contribution in [0.3, 0.4) is 0 Å². The Morgan fingerprint density at radius 3 is 2.74 bits per heavy atom. The summed E-state index contributed by atoms with van der Waals surface area (Å²) in [5, 5.41) is 0.861. The zero-order valence-electron chi connectivity index (χ0n) is 9.91. The molecule has 7 heteroatoms. The van der Waals surface area contributed by atoms with Crippen molar-refractivity contribution in [1.29, 1.82) is 0 Å². The van der Waals surface area contributed by atoms with Crippen LogP contribution < -0.4 is 5.73 Å². The molecule has 100 valence electrons. The van der Waals surface area contributed by atoms with Crippen molar-refractivity contribution in [3.8, 4) is 0 Å². The van der Waals surface area contributed by atoms with Gasteiger partial charge in [0.25, 0.3) is 0 Å². The fraction of sp³-hybridized carbons (Fsp3) is 0.0833. The molecular formula is C12H13Cl2N5. The zero-order valence-corrected chi connectivity index (χ0v) is 11.5. The lowest BCUT2D eigenvalue weighted by Gasteiger charge is -2.02. The average molecular weight is 298 g/mol. The molecule has 0 unspecified atom stereocenters. The molecule has 0 aliphatic heterocycles. The highest BCUT2D eigenvalue weighted by molar-refractivity contribution is 5.86. The van der Waals surface area contributed by atoms with Gasteiger partial charge in [-0.1, -0.05) is 6.07 Å². The average Bonchev–Trinajstić information content (AvgIpc) is 2.79. The molecule has 5 nitrogen and oxygen atoms in total. The van der Waals surface area contributed by atoms with Gasteiger partial charge in [0.05, 0.1) is 5.39 Å². The van der Waals surface area contributed by atoms with Gasteiger partial charge in [-0.2, -0.15) is 0 Å². The van der Waals surface area contributed by atoms with Crippen LogP contribution in [0.15, 0.2) is 36.8 Å². The molecule has 0 spiro atoms. The molecule has 0 amide bonds. The Balaban J connectivity index is 0.000000902. The van der Waals surface area contributed by atoms with Gasteiger partial charge in [0, 0.05) is 25.0 Å². The monoisotopic (exact) mass is 297 g/mol. The second kappa shape index (κ2) is 6.36. The molecule has 3 aromatic rings. The minimum absolute atomic E-state index is 0. The number of H-pyrrole nitrogens is 1. The van der Waals surface area contributed by atoms with Gasteiger partial charge in [0.1, 0.15) is 17.3 Å². The first kappa shape index (κ1) is 15.2. The third-order valence-electron chi connectivity index (χ3n) is 2.58. The van der Waals surface area contributed by atoms with Crippen molar-refractivity contribution >= 4 is 41.7 Å². The highest BCUT2D eigenvalue weighted by Crippen LogP contribution is 2.17. The van der Waals surface area contributed by atoms with Crippen LogP contribution in [0.2, 0.25) is 0 Å². The Kier molecular flexibility index (Phi) is 5.09. The number of pyridine rings is 1. The second-order valence-electron chi connectivity index (χ2n) is 3.80. The van der Waals surface area contributed by atoms with E-state index in [2.05, 4.69) is 19.9 Å². The molecule has 0 fully saturated rings. The third kappa shape index (κ3) is 3.13. The standard InChI is InChI=1S/C12H11N5.2ClH/c13-11-9-3-5-15-12(9)17-10(16-11)6-8-2-1-4-14-7-8;;/h1-5,7H,6H2,(H3,13,15,16,17);2*1H. The van der Waals surface area contributed by atoms with Gasteiger partial charge in [-0.3, -0.25) is 4.98 Å². The molecule has 3 rings (SSSR count). The van der Waals surface area contributed by atoms with E-state index in [1.165, 1.54) is 0 Å². The Bertz CT molecular complexity index is 654. The molecule has 0 radical (unpaired) electrons. The first-order valence-electron chi connectivity index (χ1n) is 5.31. The molecule has 0 aliphatic rings. The number of fused-ring (bicyclic) bond motifs is 1. The number of nitrogen functional groups attached to an aromatic ring is 1. The van der Waals surface area contributed by atoms with Crippen molar-refractivity contribution in [2.75, 3.05) is 5.73 Å². The summed E-state index contributed by atoms with van der Waals surface area (Å²) >= 11 is 0. The summed E-state index contributed by atoms with van der Waals surface area (Å²) < 4.78 is 0. The largest absolute Gasteiger partial charge is 0.383 e. The van der Waals surface area contributed by atoms with Crippen molar-refractivity contribution in [2.24, 2.45) is 0 Å². The van der Waals surface area contributed by atoms with E-state index in [0.29, 0.717) is 18.1 Å². The molecule has 0 saturated heterocycles. The van der Waals surface area contributed by atoms with E-state index in [0.717, 1.165) is 16.6 Å². The molecule has 0 bridgehead atoms. The van der Waals surface area contributed by atoms with Crippen LogP contribution in [-0.4, -0.2) is 19.9 Å². The van der Waals surface area contributed by atoms with Crippen molar-refractivity contribution < 1.29 is 0 Å². The van der Waals surface area contributed by atoms with E-state index >= 15 is 0 Å². The van der Waals surface area contributed by atoms with E-state index < -0.39 is 0 Å². The van der Waals surface area contributed by atoms with E-state index in [-0.39, 0.29) is 24.8 Å². The number of aromatic nitrogens is 4. The normalized spacial score (nSPS) is 9.68. The van der Waals surface area contributed by atoms with Gasteiger partial charge >= 0.3 is 0 Å². The number of halogens is 2. The maximum absolute atomic E-state index is 5.87. The number of aromatic amines is 1. The number of hydrogen-bond acceptors (Lipinski definition) is 4. The van der Waals surface area contributed by atoms with Gasteiger partial charge in [0.2, 0.25) is 0 Å². The second-order valence-corrected chi connectivity index (χ2v) is 3.80. The van der Waals surface area contributed by atoms with Crippen LogP contribution in [0.25, 0.3) is 11.0 Å². The molecule has 19 heavy (non-hydrogen) atoms. The molecule has 3 aromatic heterocycles. The minimum Gasteiger partial charge on any atom is -0.383 e. The van der Waals surface area contributed by atoms with E-state index in [4.69, 9.17) is 5.73 Å². The lowest BCUT2D eigenvalue weighted by molar-refractivity contribution is 0.984. The smallest absolute Gasteiger partial charge is 0.143 e. The van der Waals surface area contributed by atoms with Crippen molar-refractivity contribution in [3.63, 3.8) is 0 Å². The summed E-state index contributed by atoms with van der Waals surface area (Å²) in [6, 6.07) is 5.76. The fourth-order valence-electron chi connectivity index (χ4n) is 1.78. The van der Waals surface area contributed by atoms with Crippen LogP contribution in [0.1, 0.15) is 11.4 Å². The fourth-order valence-corrected chi connectivity index (χ4v) is 1.78. The van der Waals surface area contributed by atoms with Gasteiger partial charge in [0.15, 0.2) is 0 Å². The molecular weight excluding hydrogens is 285 g/mol. The number of nitrogens with zero attached hydrogens (tertiary/aromatic N) is 3. The van der Waals surface area contributed by atoms with E-state index in [1.54, 1.807) is 12.4 Å². The first-order valence-corrected chi connectivity index (χ1v) is 5.31. The van der Waals surface area contributed by atoms with Crippen molar-refractivity contribution in [2.45, 2.75) is 6.42 Å². The van der Waals surface area contributed by atoms with Gasteiger partial charge in [-0.15, -0.1) is 24.8 Å². The quantitative estimate of drug-likeness (QED) is 0.761. The third-order valence-corrected chi connectivity index (χ3v) is 2.58. The minimum atomic E-state index is 0. The Labute approximate surface area is 122 Å². The van der Waals surface area contributed by atoms with Gasteiger partial charge < -0.3 is 10.7 Å². The van der Waals surface area contributed by atoms with Gasteiger partial charge in [-0.25, -0.2) is 9.97 Å². The summed E-state index contributed by atoms with van der Waals surface area (Å²) in [4.78, 5) is 15.8. The van der Waals surface area contributed by atoms with E-state index in [1.807, 2.05) is 24.4 Å². The lowest BCUT2D eigenvalue weighted by atomic mass is 10.2. The molecule has 3 heterocycles. The summed E-state index contributed by atoms with van der Waals surface area (Å²) in [6.45, 7) is 0. The SMILES string of the molecule is Cl.Cl.Nc1nc(Cc2cccnc2)nc2[nH]ccc12. The molecule has 3 N–H and O–H groups in total. The zero-order chi connectivity index (χ0) is 11.7. The molecule has 0 aliphatic carbocycles. The Hall–Kier alpha value is -1.85. The van der Waals surface area contributed by atoms with Crippen LogP contribution in [0, 0.1) is 0 Å². The lowest BCUT2D eigenvalue weighted by Crippen LogP contribution is -2.01. The Morgan fingerprint density at radius 2 is 2.00 bits per heavy atom. The number of hydrogen-bond donors (Lipinski definition) is 2.